The highest BCUT2D eigenvalue weighted by atomic mass is 16.5. The van der Waals surface area contributed by atoms with Crippen LogP contribution in [0.25, 0.3) is 0 Å². The van der Waals surface area contributed by atoms with Gasteiger partial charge in [0.1, 0.15) is 11.6 Å². The Hall–Kier alpha value is -1.65. The number of esters is 1. The number of methoxy groups -OCH3 is 1. The third-order valence-corrected chi connectivity index (χ3v) is 2.73. The van der Waals surface area contributed by atoms with Crippen molar-refractivity contribution in [3.8, 4) is 0 Å². The highest BCUT2D eigenvalue weighted by Gasteiger charge is 2.10. The molecule has 0 fully saturated rings. The topological polar surface area (TPSA) is 64.1 Å². The number of ether oxygens (including phenoxy) is 1. The first-order valence-electron chi connectivity index (χ1n) is 6.63. The van der Waals surface area contributed by atoms with Crippen LogP contribution in [0.4, 0.5) is 5.82 Å². The minimum Gasteiger partial charge on any atom is -0.469 e. The van der Waals surface area contributed by atoms with Crippen molar-refractivity contribution in [2.45, 2.75) is 46.0 Å². The number of carbonyl (C=O) groups is 1. The van der Waals surface area contributed by atoms with Gasteiger partial charge in [-0.25, -0.2) is 9.97 Å². The summed E-state index contributed by atoms with van der Waals surface area (Å²) in [5.74, 6) is 1.99. The van der Waals surface area contributed by atoms with Crippen molar-refractivity contribution in [3.05, 3.63) is 17.6 Å². The largest absolute Gasteiger partial charge is 0.469 e. The van der Waals surface area contributed by atoms with Crippen LogP contribution in [0.5, 0.6) is 0 Å². The summed E-state index contributed by atoms with van der Waals surface area (Å²) in [5, 5.41) is 3.15. The molecule has 0 aromatic carbocycles. The molecule has 1 heterocycles. The van der Waals surface area contributed by atoms with Crippen LogP contribution in [0, 0.1) is 0 Å². The zero-order valence-corrected chi connectivity index (χ0v) is 12.4. The fraction of sp³-hybridized carbons (Fsp3) is 0.643. The molecule has 106 valence electrons. The van der Waals surface area contributed by atoms with E-state index in [-0.39, 0.29) is 11.9 Å². The number of anilines is 1. The Balaban J connectivity index is 2.79. The van der Waals surface area contributed by atoms with Gasteiger partial charge in [-0.2, -0.15) is 0 Å². The lowest BCUT2D eigenvalue weighted by atomic mass is 10.1. The lowest BCUT2D eigenvalue weighted by molar-refractivity contribution is -0.140. The van der Waals surface area contributed by atoms with Crippen LogP contribution < -0.4 is 5.32 Å². The Morgan fingerprint density at radius 2 is 1.95 bits per heavy atom. The van der Waals surface area contributed by atoms with E-state index in [4.69, 9.17) is 0 Å². The molecule has 0 aliphatic rings. The molecular weight excluding hydrogens is 242 g/mol. The van der Waals surface area contributed by atoms with Crippen molar-refractivity contribution in [2.24, 2.45) is 0 Å². The molecule has 5 heteroatoms. The highest BCUT2D eigenvalue weighted by molar-refractivity contribution is 5.69. The second-order valence-electron chi connectivity index (χ2n) is 5.10. The summed E-state index contributed by atoms with van der Waals surface area (Å²) in [6, 6.07) is 1.94. The minimum atomic E-state index is -0.227. The van der Waals surface area contributed by atoms with Crippen molar-refractivity contribution < 1.29 is 9.53 Å². The van der Waals surface area contributed by atoms with E-state index in [1.807, 2.05) is 6.07 Å². The van der Waals surface area contributed by atoms with E-state index in [9.17, 15) is 4.79 Å². The molecule has 0 amide bonds. The predicted molar refractivity (Wildman–Crippen MR) is 75.3 cm³/mol. The maximum Gasteiger partial charge on any atom is 0.307 e. The first kappa shape index (κ1) is 15.4. The number of rotatable bonds is 6. The van der Waals surface area contributed by atoms with Crippen molar-refractivity contribution in [1.29, 1.82) is 0 Å². The van der Waals surface area contributed by atoms with Gasteiger partial charge in [0.15, 0.2) is 0 Å². The standard InChI is InChI=1S/C14H23N3O2/c1-9(2)11-8-12(15-7-6-13(18)19-5)17-14(16-11)10(3)4/h8-10H,6-7H2,1-5H3,(H,15,16,17). The van der Waals surface area contributed by atoms with E-state index in [1.54, 1.807) is 0 Å². The molecule has 0 unspecified atom stereocenters. The molecule has 5 nitrogen and oxygen atoms in total. The van der Waals surface area contributed by atoms with Gasteiger partial charge in [0, 0.05) is 24.2 Å². The molecule has 1 rings (SSSR count). The Morgan fingerprint density at radius 3 is 2.47 bits per heavy atom. The van der Waals surface area contributed by atoms with E-state index < -0.39 is 0 Å². The summed E-state index contributed by atoms with van der Waals surface area (Å²) < 4.78 is 4.60. The van der Waals surface area contributed by atoms with Gasteiger partial charge >= 0.3 is 5.97 Å². The van der Waals surface area contributed by atoms with E-state index >= 15 is 0 Å². The molecule has 0 saturated heterocycles. The van der Waals surface area contributed by atoms with Crippen molar-refractivity contribution in [3.63, 3.8) is 0 Å². The summed E-state index contributed by atoms with van der Waals surface area (Å²) >= 11 is 0. The van der Waals surface area contributed by atoms with Gasteiger partial charge in [-0.3, -0.25) is 4.79 Å². The zero-order chi connectivity index (χ0) is 14.4. The second-order valence-corrected chi connectivity index (χ2v) is 5.10. The maximum absolute atomic E-state index is 11.1. The van der Waals surface area contributed by atoms with Crippen molar-refractivity contribution >= 4 is 11.8 Å². The Kier molecular flexibility index (Phi) is 5.73. The summed E-state index contributed by atoms with van der Waals surface area (Å²) in [7, 11) is 1.39. The number of hydrogen-bond acceptors (Lipinski definition) is 5. The van der Waals surface area contributed by atoms with Crippen molar-refractivity contribution in [2.75, 3.05) is 19.0 Å². The first-order valence-corrected chi connectivity index (χ1v) is 6.63. The van der Waals surface area contributed by atoms with Crippen LogP contribution in [-0.2, 0) is 9.53 Å². The molecule has 0 atom stereocenters. The van der Waals surface area contributed by atoms with Gasteiger partial charge in [0.25, 0.3) is 0 Å². The van der Waals surface area contributed by atoms with Gasteiger partial charge in [0.2, 0.25) is 0 Å². The molecule has 0 saturated carbocycles. The molecule has 0 radical (unpaired) electrons. The average molecular weight is 265 g/mol. The predicted octanol–water partition coefficient (Wildman–Crippen LogP) is 2.70. The molecule has 1 aromatic heterocycles. The SMILES string of the molecule is COC(=O)CCNc1cc(C(C)C)nc(C(C)C)n1. The van der Waals surface area contributed by atoms with Crippen LogP contribution in [-0.4, -0.2) is 29.6 Å². The van der Waals surface area contributed by atoms with Gasteiger partial charge in [0.05, 0.1) is 13.5 Å². The molecule has 1 N–H and O–H groups in total. The minimum absolute atomic E-state index is 0.227. The van der Waals surface area contributed by atoms with Gasteiger partial charge in [-0.15, -0.1) is 0 Å². The molecular formula is C14H23N3O2. The number of nitrogens with one attached hydrogen (secondary N) is 1. The van der Waals surface area contributed by atoms with Crippen molar-refractivity contribution in [1.82, 2.24) is 9.97 Å². The van der Waals surface area contributed by atoms with Crippen LogP contribution >= 0.6 is 0 Å². The number of nitrogens with zero attached hydrogens (tertiary/aromatic N) is 2. The molecule has 0 aliphatic carbocycles. The third-order valence-electron chi connectivity index (χ3n) is 2.73. The molecule has 0 bridgehead atoms. The monoisotopic (exact) mass is 265 g/mol. The number of hydrogen-bond donors (Lipinski definition) is 1. The number of carbonyl (C=O) groups excluding carboxylic acids is 1. The molecule has 1 aromatic rings. The molecule has 19 heavy (non-hydrogen) atoms. The van der Waals surface area contributed by atoms with E-state index in [2.05, 4.69) is 47.7 Å². The fourth-order valence-corrected chi connectivity index (χ4v) is 1.52. The summed E-state index contributed by atoms with van der Waals surface area (Å²) in [4.78, 5) is 20.1. The average Bonchev–Trinajstić information content (AvgIpc) is 2.38. The van der Waals surface area contributed by atoms with Gasteiger partial charge in [-0.05, 0) is 5.92 Å². The summed E-state index contributed by atoms with van der Waals surface area (Å²) in [6.45, 7) is 8.85. The zero-order valence-electron chi connectivity index (χ0n) is 12.4. The second kappa shape index (κ2) is 7.07. The van der Waals surface area contributed by atoms with E-state index in [0.29, 0.717) is 18.9 Å². The van der Waals surface area contributed by atoms with Crippen LogP contribution in [0.15, 0.2) is 6.07 Å². The number of aromatic nitrogens is 2. The lowest BCUT2D eigenvalue weighted by Gasteiger charge is -2.13. The molecule has 0 aliphatic heterocycles. The van der Waals surface area contributed by atoms with Crippen LogP contribution in [0.3, 0.4) is 0 Å². The Morgan fingerprint density at radius 1 is 1.26 bits per heavy atom. The smallest absolute Gasteiger partial charge is 0.307 e. The summed E-state index contributed by atoms with van der Waals surface area (Å²) in [6.07, 6.45) is 0.328. The first-order chi connectivity index (χ1) is 8.93. The van der Waals surface area contributed by atoms with Crippen LogP contribution in [0.1, 0.15) is 57.5 Å². The van der Waals surface area contributed by atoms with Crippen LogP contribution in [0.2, 0.25) is 0 Å². The normalized spacial score (nSPS) is 10.9. The van der Waals surface area contributed by atoms with E-state index in [0.717, 1.165) is 17.3 Å². The third kappa shape index (κ3) is 4.85. The Labute approximate surface area is 114 Å². The van der Waals surface area contributed by atoms with Gasteiger partial charge < -0.3 is 10.1 Å². The highest BCUT2D eigenvalue weighted by Crippen LogP contribution is 2.19. The summed E-state index contributed by atoms with van der Waals surface area (Å²) in [5.41, 5.74) is 1.01. The quantitative estimate of drug-likeness (QED) is 0.801. The van der Waals surface area contributed by atoms with Gasteiger partial charge in [-0.1, -0.05) is 27.7 Å². The molecule has 0 spiro atoms. The van der Waals surface area contributed by atoms with E-state index in [1.165, 1.54) is 7.11 Å². The Bertz CT molecular complexity index is 404. The fourth-order valence-electron chi connectivity index (χ4n) is 1.52. The maximum atomic E-state index is 11.1. The lowest BCUT2D eigenvalue weighted by Crippen LogP contribution is -2.12.